The van der Waals surface area contributed by atoms with Crippen molar-refractivity contribution < 1.29 is 14.0 Å². The molecule has 0 amide bonds. The Morgan fingerprint density at radius 3 is 2.38 bits per heavy atom. The molecule has 3 aromatic heterocycles. The van der Waals surface area contributed by atoms with Crippen molar-refractivity contribution in [3.05, 3.63) is 117 Å². The summed E-state index contributed by atoms with van der Waals surface area (Å²) in [7, 11) is 2.01. The number of aromatic nitrogens is 3. The van der Waals surface area contributed by atoms with E-state index in [0.29, 0.717) is 36.2 Å². The summed E-state index contributed by atoms with van der Waals surface area (Å²) < 4.78 is 18.8. The van der Waals surface area contributed by atoms with Gasteiger partial charge in [-0.25, -0.2) is 9.37 Å². The van der Waals surface area contributed by atoms with Crippen molar-refractivity contribution in [2.45, 2.75) is 151 Å². The molecule has 72 heavy (non-hydrogen) atoms. The van der Waals surface area contributed by atoms with Gasteiger partial charge in [0.15, 0.2) is 12.0 Å². The van der Waals surface area contributed by atoms with Gasteiger partial charge in [0.25, 0.3) is 5.56 Å². The molecule has 10 rings (SSSR count). The highest BCUT2D eigenvalue weighted by molar-refractivity contribution is 5.95. The fraction of sp³-hybridized carbons (Fsp3) is 0.542. The maximum absolute atomic E-state index is 15.0. The van der Waals surface area contributed by atoms with Crippen LogP contribution in [0.1, 0.15) is 151 Å². The second-order valence-corrected chi connectivity index (χ2v) is 21.2. The molecule has 2 N–H and O–H groups in total. The Labute approximate surface area is 428 Å². The second kappa shape index (κ2) is 23.7. The maximum Gasteiger partial charge on any atom is 0.260 e. The van der Waals surface area contributed by atoms with Crippen LogP contribution in [0.25, 0.3) is 22.3 Å². The molecule has 1 saturated carbocycles. The van der Waals surface area contributed by atoms with Crippen LogP contribution in [0.4, 0.5) is 21.5 Å². The first-order chi connectivity index (χ1) is 34.7. The largest absolute Gasteiger partial charge is 0.384 e. The van der Waals surface area contributed by atoms with Gasteiger partial charge >= 0.3 is 0 Å². The third kappa shape index (κ3) is 11.7. The average Bonchev–Trinajstić information content (AvgIpc) is 3.97. The van der Waals surface area contributed by atoms with Crippen LogP contribution in [0.15, 0.2) is 71.8 Å². The predicted octanol–water partition coefficient (Wildman–Crippen LogP) is 11.7. The zero-order valence-corrected chi connectivity index (χ0v) is 45.0. The first kappa shape index (κ1) is 53.0. The van der Waals surface area contributed by atoms with Crippen molar-refractivity contribution in [2.75, 3.05) is 61.5 Å². The summed E-state index contributed by atoms with van der Waals surface area (Å²) in [6.07, 6.45) is 16.4. The van der Waals surface area contributed by atoms with E-state index in [-0.39, 0.29) is 29.4 Å². The fourth-order valence-corrected chi connectivity index (χ4v) is 11.6. The highest BCUT2D eigenvalue weighted by Crippen LogP contribution is 2.41. The summed E-state index contributed by atoms with van der Waals surface area (Å²) in [6, 6.07) is 17.4. The number of carbonyl (C=O) groups excluding carboxylic acids is 1. The highest BCUT2D eigenvalue weighted by atomic mass is 19.1. The first-order valence-corrected chi connectivity index (χ1v) is 27.2. The molecule has 5 aromatic rings. The van der Waals surface area contributed by atoms with Crippen molar-refractivity contribution in [2.24, 2.45) is 13.0 Å². The minimum Gasteiger partial charge on any atom is -0.384 e. The van der Waals surface area contributed by atoms with Gasteiger partial charge in [-0.05, 0) is 138 Å². The quantitative estimate of drug-likeness (QED) is 0.105. The zero-order chi connectivity index (χ0) is 51.2. The van der Waals surface area contributed by atoms with Crippen LogP contribution in [-0.4, -0.2) is 98.7 Å². The summed E-state index contributed by atoms with van der Waals surface area (Å²) in [5.41, 5.74) is 14.3. The van der Waals surface area contributed by atoms with E-state index >= 15 is 0 Å². The molecule has 12 nitrogen and oxygen atoms in total. The molecule has 1 saturated heterocycles. The number of halogens is 1. The lowest BCUT2D eigenvalue weighted by molar-refractivity contribution is 0.0636. The topological polar surface area (TPSA) is 103 Å². The lowest BCUT2D eigenvalue weighted by atomic mass is 9.92. The molecule has 2 aromatic carbocycles. The zero-order valence-electron chi connectivity index (χ0n) is 45.0. The molecular weight excluding hydrogens is 902 g/mol. The fourth-order valence-electron chi connectivity index (χ4n) is 11.6. The van der Waals surface area contributed by atoms with E-state index in [2.05, 4.69) is 119 Å². The van der Waals surface area contributed by atoms with Crippen LogP contribution in [0, 0.1) is 18.7 Å². The SMILES string of the molecule is CC(=O)c1cc(C)c(C2=CCN(C(C)c3cc4c(-n5ccc6c(c5=O)CCN6)ccnc4n3C)CC2)c(F)c1.CCC.CCCC(CCC)CN1CCN(Cc2ccc3c(c2)N(C2CC2)C(C)ON3)CC1C. The molecule has 1 aliphatic carbocycles. The summed E-state index contributed by atoms with van der Waals surface area (Å²) in [4.78, 5) is 45.6. The van der Waals surface area contributed by atoms with Crippen molar-refractivity contribution in [1.82, 2.24) is 28.8 Å². The standard InChI is InChI=1S/C31H32FN5O2.C25H42N4O.C3H8/c1-18-15-22(20(3)38)16-25(32)29(18)21-7-12-36(13-8-21)19(2)28-17-24-27(6-11-34-30(24)35(28)4)37-14-9-26-23(31(37)39)5-10-33-26;1-5-7-21(8-6-2)18-28-14-13-27(16-19(28)3)17-22-9-12-24-25(15-22)29(23-10-11-23)20(4)30-26-24;1-3-2/h6-7,9,11,14-17,19,33H,5,8,10,12-13H2,1-4H3;9,12,15,19-21,23,26H,5-8,10-11,13-14,16-18H2,1-4H3;3H2,1-2H3. The smallest absolute Gasteiger partial charge is 0.260 e. The molecule has 3 atom stereocenters. The summed E-state index contributed by atoms with van der Waals surface area (Å²) in [6.45, 7) is 27.1. The Balaban J connectivity index is 0.000000189. The van der Waals surface area contributed by atoms with Crippen molar-refractivity contribution in [1.29, 1.82) is 0 Å². The van der Waals surface area contributed by atoms with E-state index in [1.807, 2.05) is 32.3 Å². The number of pyridine rings is 2. The Morgan fingerprint density at radius 1 is 0.944 bits per heavy atom. The summed E-state index contributed by atoms with van der Waals surface area (Å²) in [5, 5.41) is 4.21. The molecule has 2 fully saturated rings. The number of nitrogens with one attached hydrogen (secondary N) is 2. The Morgan fingerprint density at radius 2 is 1.71 bits per heavy atom. The number of rotatable bonds is 14. The number of nitrogens with zero attached hydrogens (tertiary/aromatic N) is 7. The van der Waals surface area contributed by atoms with Gasteiger partial charge < -0.3 is 14.8 Å². The normalized spacial score (nSPS) is 19.6. The van der Waals surface area contributed by atoms with Gasteiger partial charge in [0.1, 0.15) is 11.5 Å². The number of anilines is 3. The van der Waals surface area contributed by atoms with E-state index in [9.17, 15) is 14.0 Å². The van der Waals surface area contributed by atoms with E-state index in [1.165, 1.54) is 95.4 Å². The number of carbonyl (C=O) groups is 1. The summed E-state index contributed by atoms with van der Waals surface area (Å²) in [5.74, 6) is 0.407. The number of benzene rings is 2. The minimum absolute atomic E-state index is 0.0102. The van der Waals surface area contributed by atoms with E-state index in [1.54, 1.807) is 16.8 Å². The average molecular weight is 984 g/mol. The predicted molar refractivity (Wildman–Crippen MR) is 294 cm³/mol. The number of aryl methyl sites for hydroxylation is 2. The van der Waals surface area contributed by atoms with Crippen LogP contribution in [0.2, 0.25) is 0 Å². The summed E-state index contributed by atoms with van der Waals surface area (Å²) >= 11 is 0. The lowest BCUT2D eigenvalue weighted by Gasteiger charge is -2.42. The molecule has 5 aliphatic rings. The molecule has 0 radical (unpaired) electrons. The Kier molecular flexibility index (Phi) is 17.4. The van der Waals surface area contributed by atoms with Crippen LogP contribution in [-0.2, 0) is 24.9 Å². The van der Waals surface area contributed by atoms with Gasteiger partial charge in [-0.15, -0.1) is 0 Å². The number of Topliss-reactive ketones (excluding diaryl/α,β-unsaturated/α-hetero) is 1. The van der Waals surface area contributed by atoms with E-state index < -0.39 is 0 Å². The van der Waals surface area contributed by atoms with Crippen LogP contribution in [0.5, 0.6) is 0 Å². The Hall–Kier alpha value is -5.34. The van der Waals surface area contributed by atoms with Crippen LogP contribution >= 0.6 is 0 Å². The number of piperazine rings is 1. The van der Waals surface area contributed by atoms with Crippen LogP contribution < -0.4 is 21.3 Å². The molecule has 0 spiro atoms. The first-order valence-electron chi connectivity index (χ1n) is 27.2. The van der Waals surface area contributed by atoms with Gasteiger partial charge in [-0.1, -0.05) is 59.1 Å². The van der Waals surface area contributed by atoms with E-state index in [4.69, 9.17) is 4.84 Å². The molecule has 4 aliphatic heterocycles. The highest BCUT2D eigenvalue weighted by Gasteiger charge is 2.37. The maximum atomic E-state index is 15.0. The van der Waals surface area contributed by atoms with Gasteiger partial charge in [0.05, 0.1) is 17.1 Å². The third-order valence-electron chi connectivity index (χ3n) is 15.5. The minimum atomic E-state index is -0.335. The molecule has 0 bridgehead atoms. The van der Waals surface area contributed by atoms with Crippen molar-refractivity contribution in [3.8, 4) is 5.69 Å². The number of hydrogen-bond donors (Lipinski definition) is 2. The Bertz CT molecular complexity index is 2750. The number of ketones is 1. The molecule has 3 unspecified atom stereocenters. The van der Waals surface area contributed by atoms with Gasteiger partial charge in [-0.2, -0.15) is 0 Å². The monoisotopic (exact) mass is 984 g/mol. The van der Waals surface area contributed by atoms with Gasteiger partial charge in [0.2, 0.25) is 0 Å². The van der Waals surface area contributed by atoms with E-state index in [0.717, 1.165) is 82.5 Å². The van der Waals surface area contributed by atoms with Gasteiger partial charge in [-0.3, -0.25) is 39.2 Å². The van der Waals surface area contributed by atoms with Crippen molar-refractivity contribution in [3.63, 3.8) is 0 Å². The number of fused-ring (bicyclic) bond motifs is 3. The third-order valence-corrected chi connectivity index (χ3v) is 15.5. The van der Waals surface area contributed by atoms with Crippen LogP contribution in [0.3, 0.4) is 0 Å². The molecule has 388 valence electrons. The molecule has 7 heterocycles. The van der Waals surface area contributed by atoms with Gasteiger partial charge in [0, 0.05) is 123 Å². The molecule has 13 heteroatoms. The number of hydrogen-bond acceptors (Lipinski definition) is 10. The molecular formula is C59H82FN9O3. The lowest BCUT2D eigenvalue weighted by Crippen LogP contribution is -2.52. The van der Waals surface area contributed by atoms with Crippen molar-refractivity contribution >= 4 is 39.5 Å². The second-order valence-electron chi connectivity index (χ2n) is 21.2.